The molecule has 0 saturated carbocycles. The van der Waals surface area contributed by atoms with E-state index in [1.807, 2.05) is 0 Å². The summed E-state index contributed by atoms with van der Waals surface area (Å²) < 4.78 is 27.0. The summed E-state index contributed by atoms with van der Waals surface area (Å²) >= 11 is 21.2. The molecule has 0 saturated heterocycles. The van der Waals surface area contributed by atoms with Gasteiger partial charge < -0.3 is 4.57 Å². The highest BCUT2D eigenvalue weighted by Crippen LogP contribution is 2.51. The molecule has 0 aliphatic carbocycles. The number of nitriles is 1. The van der Waals surface area contributed by atoms with Crippen LogP contribution in [0.1, 0.15) is 5.56 Å². The number of benzene rings is 1. The Balaban J connectivity index is 2.88. The maximum Gasteiger partial charge on any atom is 0.173 e. The molecule has 0 aliphatic rings. The Morgan fingerprint density at radius 3 is 2.22 bits per heavy atom. The molecule has 1 heterocycles. The lowest BCUT2D eigenvalue weighted by atomic mass is 10.3. The minimum absolute atomic E-state index is 0.000164. The van der Waals surface area contributed by atoms with Crippen LogP contribution >= 0.6 is 72.1 Å². The molecule has 0 N–H and O–H groups in total. The number of halogens is 7. The molecule has 0 fully saturated rings. The largest absolute Gasteiger partial charge is 0.306 e. The van der Waals surface area contributed by atoms with E-state index in [-0.39, 0.29) is 30.8 Å². The number of alkyl halides is 1. The first-order chi connectivity index (χ1) is 10.5. The van der Waals surface area contributed by atoms with Crippen molar-refractivity contribution in [2.75, 3.05) is 6.01 Å². The zero-order valence-corrected chi connectivity index (χ0v) is 17.0. The Hall–Kier alpha value is 0.000000000000000611. The van der Waals surface area contributed by atoms with Gasteiger partial charge in [0, 0.05) is 11.2 Å². The topological polar surface area (TPSA) is 45.8 Å². The summed E-state index contributed by atoms with van der Waals surface area (Å²) in [5.74, 6) is 0. The van der Waals surface area contributed by atoms with Crippen LogP contribution in [-0.2, 0) is 7.49 Å². The smallest absolute Gasteiger partial charge is 0.173 e. The van der Waals surface area contributed by atoms with Crippen LogP contribution in [0.4, 0.5) is 4.39 Å². The Morgan fingerprint density at radius 1 is 1.26 bits per heavy atom. The SMILES string of the molecule is N#Cc1cn(-c2c(Cl)cc(Cl)cc2Cl)c(Br)c1S(=O)(Cl)(Cl)CF. The molecule has 0 aliphatic heterocycles. The van der Waals surface area contributed by atoms with Gasteiger partial charge in [-0.2, -0.15) is 5.26 Å². The predicted octanol–water partition coefficient (Wildman–Crippen LogP) is 6.49. The van der Waals surface area contributed by atoms with E-state index in [0.29, 0.717) is 5.02 Å². The highest BCUT2D eigenvalue weighted by molar-refractivity contribution is 9.10. The second-order valence-electron chi connectivity index (χ2n) is 4.37. The monoisotopic (exact) mass is 498 g/mol. The van der Waals surface area contributed by atoms with Crippen molar-refractivity contribution in [1.29, 1.82) is 5.26 Å². The van der Waals surface area contributed by atoms with E-state index >= 15 is 0 Å². The van der Waals surface area contributed by atoms with Crippen molar-refractivity contribution >= 4 is 79.6 Å². The first-order valence-corrected chi connectivity index (χ1v) is 11.3. The first-order valence-electron chi connectivity index (χ1n) is 5.61. The van der Waals surface area contributed by atoms with Gasteiger partial charge in [-0.1, -0.05) is 34.8 Å². The average Bonchev–Trinajstić information content (AvgIpc) is 2.76. The summed E-state index contributed by atoms with van der Waals surface area (Å²) in [6.45, 7) is 0. The fourth-order valence-electron chi connectivity index (χ4n) is 1.89. The van der Waals surface area contributed by atoms with Gasteiger partial charge in [0.15, 0.2) is 6.01 Å². The maximum absolute atomic E-state index is 13.2. The van der Waals surface area contributed by atoms with Crippen LogP contribution in [0, 0.1) is 11.3 Å². The van der Waals surface area contributed by atoms with Crippen molar-refractivity contribution in [2.45, 2.75) is 4.90 Å². The van der Waals surface area contributed by atoms with E-state index in [1.54, 1.807) is 6.07 Å². The van der Waals surface area contributed by atoms with Crippen LogP contribution in [0.5, 0.6) is 0 Å². The van der Waals surface area contributed by atoms with E-state index in [2.05, 4.69) is 15.9 Å². The van der Waals surface area contributed by atoms with Crippen LogP contribution in [0.25, 0.3) is 5.69 Å². The first kappa shape index (κ1) is 19.3. The number of aromatic nitrogens is 1. The van der Waals surface area contributed by atoms with Crippen molar-refractivity contribution in [2.24, 2.45) is 0 Å². The molecule has 124 valence electrons. The maximum atomic E-state index is 13.2. The van der Waals surface area contributed by atoms with Gasteiger partial charge in [-0.15, -0.1) is 0 Å². The molecule has 11 heteroatoms. The lowest BCUT2D eigenvalue weighted by Gasteiger charge is -2.24. The zero-order chi connectivity index (χ0) is 17.6. The molecule has 0 unspecified atom stereocenters. The Kier molecular flexibility index (Phi) is 5.36. The van der Waals surface area contributed by atoms with Crippen molar-refractivity contribution < 1.29 is 8.60 Å². The van der Waals surface area contributed by atoms with Crippen LogP contribution < -0.4 is 0 Å². The van der Waals surface area contributed by atoms with Crippen LogP contribution in [0.15, 0.2) is 27.8 Å². The number of nitrogens with zero attached hydrogens (tertiary/aromatic N) is 2. The van der Waals surface area contributed by atoms with Gasteiger partial charge in [-0.05, 0) is 49.4 Å². The highest BCUT2D eigenvalue weighted by Gasteiger charge is 2.41. The van der Waals surface area contributed by atoms with E-state index in [1.165, 1.54) is 22.9 Å². The minimum atomic E-state index is -4.90. The predicted molar refractivity (Wildman–Crippen MR) is 97.3 cm³/mol. The molecule has 0 atom stereocenters. The van der Waals surface area contributed by atoms with Crippen molar-refractivity contribution in [3.05, 3.63) is 43.6 Å². The van der Waals surface area contributed by atoms with E-state index in [0.717, 1.165) is 0 Å². The lowest BCUT2D eigenvalue weighted by molar-refractivity contribution is 0.574. The molecule has 2 rings (SSSR count). The Bertz CT molecular complexity index is 894. The minimum Gasteiger partial charge on any atom is -0.306 e. The van der Waals surface area contributed by atoms with Gasteiger partial charge in [-0.25, -0.2) is 8.60 Å². The van der Waals surface area contributed by atoms with Gasteiger partial charge in [0.2, 0.25) is 0 Å². The molecular weight excluding hydrogens is 496 g/mol. The van der Waals surface area contributed by atoms with E-state index < -0.39 is 13.5 Å². The van der Waals surface area contributed by atoms with Gasteiger partial charge in [0.1, 0.15) is 10.7 Å². The van der Waals surface area contributed by atoms with Gasteiger partial charge in [0.25, 0.3) is 0 Å². The van der Waals surface area contributed by atoms with Crippen molar-refractivity contribution in [3.8, 4) is 11.8 Å². The standard InChI is InChI=1S/C12H5BrCl5FN2OS/c13-12-11(23(17,18,22)5-19)6(3-20)4-21(12)10-8(15)1-7(14)2-9(10)16/h1-2,4H,5H2. The van der Waals surface area contributed by atoms with Gasteiger partial charge >= 0.3 is 0 Å². The third-order valence-corrected chi connectivity index (χ3v) is 7.60. The second kappa shape index (κ2) is 6.38. The third kappa shape index (κ3) is 3.52. The summed E-state index contributed by atoms with van der Waals surface area (Å²) in [4.78, 5) is -0.364. The van der Waals surface area contributed by atoms with Crippen LogP contribution in [0.3, 0.4) is 0 Å². The fraction of sp³-hybridized carbons (Fsp3) is 0.0833. The van der Waals surface area contributed by atoms with Crippen molar-refractivity contribution in [3.63, 3.8) is 0 Å². The van der Waals surface area contributed by atoms with Crippen molar-refractivity contribution in [1.82, 2.24) is 4.57 Å². The molecule has 23 heavy (non-hydrogen) atoms. The van der Waals surface area contributed by atoms with E-state index in [4.69, 9.17) is 56.2 Å². The number of hydrogen-bond acceptors (Lipinski definition) is 2. The summed E-state index contributed by atoms with van der Waals surface area (Å²) in [5, 5.41) is 9.84. The zero-order valence-electron chi connectivity index (χ0n) is 10.8. The molecule has 0 amide bonds. The van der Waals surface area contributed by atoms with Crippen LogP contribution in [0.2, 0.25) is 15.1 Å². The third-order valence-electron chi connectivity index (χ3n) is 2.81. The summed E-state index contributed by atoms with van der Waals surface area (Å²) in [7, 11) is 6.61. The molecule has 0 bridgehead atoms. The second-order valence-corrected chi connectivity index (χ2v) is 13.2. The Labute approximate surface area is 163 Å². The fourth-order valence-corrected chi connectivity index (χ4v) is 6.94. The molecule has 0 spiro atoms. The summed E-state index contributed by atoms with van der Waals surface area (Å²) in [6.07, 6.45) is 1.24. The normalized spacial score (nSPS) is 13.4. The molecule has 3 nitrogen and oxygen atoms in total. The lowest BCUT2D eigenvalue weighted by Crippen LogP contribution is -2.20. The van der Waals surface area contributed by atoms with Gasteiger partial charge in [-0.3, -0.25) is 0 Å². The Morgan fingerprint density at radius 2 is 1.78 bits per heavy atom. The van der Waals surface area contributed by atoms with Gasteiger partial charge in [0.05, 0.1) is 33.7 Å². The molecule has 1 aromatic heterocycles. The highest BCUT2D eigenvalue weighted by atomic mass is 79.9. The molecule has 2 aromatic rings. The van der Waals surface area contributed by atoms with E-state index in [9.17, 15) is 13.9 Å². The quantitative estimate of drug-likeness (QED) is 0.452. The summed E-state index contributed by atoms with van der Waals surface area (Å²) in [6, 6.07) is 3.06. The molecular formula is C12H5BrCl5FN2OS. The number of rotatable bonds is 3. The molecule has 0 radical (unpaired) electrons. The summed E-state index contributed by atoms with van der Waals surface area (Å²) in [5.41, 5.74) is 0.0567. The number of hydrogen-bond donors (Lipinski definition) is 0. The average molecular weight is 501 g/mol. The van der Waals surface area contributed by atoms with Crippen LogP contribution in [-0.4, -0.2) is 14.8 Å². The molecule has 1 aromatic carbocycles.